The van der Waals surface area contributed by atoms with Gasteiger partial charge in [-0.05, 0) is 0 Å². The molecule has 0 atom stereocenters. The van der Waals surface area contributed by atoms with Gasteiger partial charge in [-0.1, -0.05) is 0 Å². The summed E-state index contributed by atoms with van der Waals surface area (Å²) >= 11 is 0. The molecular formula is C12H12N4O8S. The molecule has 2 heterocycles. The first-order chi connectivity index (χ1) is 11.8. The number of sulfonamides is 1. The van der Waals surface area contributed by atoms with E-state index < -0.39 is 32.5 Å². The lowest BCUT2D eigenvalue weighted by atomic mass is 10.3. The van der Waals surface area contributed by atoms with Crippen LogP contribution in [0.1, 0.15) is 10.4 Å². The molecule has 2 aromatic heterocycles. The Hall–Kier alpha value is -3.35. The van der Waals surface area contributed by atoms with Crippen molar-refractivity contribution in [2.45, 2.75) is 4.90 Å². The van der Waals surface area contributed by atoms with Gasteiger partial charge in [0.2, 0.25) is 17.7 Å². The van der Waals surface area contributed by atoms with Crippen molar-refractivity contribution < 1.29 is 37.0 Å². The zero-order chi connectivity index (χ0) is 18.6. The quantitative estimate of drug-likeness (QED) is 0.640. The Morgan fingerprint density at radius 1 is 1.16 bits per heavy atom. The van der Waals surface area contributed by atoms with Crippen LogP contribution in [0.5, 0.6) is 11.8 Å². The Morgan fingerprint density at radius 2 is 1.76 bits per heavy atom. The predicted molar refractivity (Wildman–Crippen MR) is 80.1 cm³/mol. The largest absolute Gasteiger partial charge is 0.481 e. The molecular weight excluding hydrogens is 360 g/mol. The molecule has 0 fully saturated rings. The second kappa shape index (κ2) is 7.04. The van der Waals surface area contributed by atoms with Crippen LogP contribution in [0.4, 0.5) is 10.7 Å². The van der Waals surface area contributed by atoms with Crippen LogP contribution in [-0.4, -0.2) is 49.7 Å². The van der Waals surface area contributed by atoms with Gasteiger partial charge in [-0.15, -0.1) is 0 Å². The zero-order valence-electron chi connectivity index (χ0n) is 12.8. The zero-order valence-corrected chi connectivity index (χ0v) is 13.7. The highest BCUT2D eigenvalue weighted by Gasteiger charge is 2.27. The van der Waals surface area contributed by atoms with Crippen LogP contribution < -0.4 is 19.5 Å². The van der Waals surface area contributed by atoms with E-state index >= 15 is 0 Å². The van der Waals surface area contributed by atoms with Gasteiger partial charge in [-0.2, -0.15) is 9.97 Å². The normalized spacial score (nSPS) is 10.8. The molecule has 0 aliphatic rings. The molecule has 0 saturated carbocycles. The highest BCUT2D eigenvalue weighted by atomic mass is 32.2. The Morgan fingerprint density at radius 3 is 2.28 bits per heavy atom. The maximum Gasteiger partial charge on any atom is 0.340 e. The standard InChI is InChI=1S/C12H12N4O8S/c1-22-8-3-9(23-2)14-11(13-8)15-12(19)16-25(20,21)7-5-24-4-6(7)10(17)18/h3-5H,1-2H3,(H,17,18)(H2,13,14,15,16,19). The van der Waals surface area contributed by atoms with Gasteiger partial charge in [0, 0.05) is 0 Å². The molecule has 13 heteroatoms. The van der Waals surface area contributed by atoms with E-state index in [0.717, 1.165) is 6.26 Å². The number of methoxy groups -OCH3 is 2. The molecule has 2 aromatic rings. The molecule has 12 nitrogen and oxygen atoms in total. The van der Waals surface area contributed by atoms with E-state index in [1.165, 1.54) is 20.3 Å². The van der Waals surface area contributed by atoms with E-state index in [2.05, 4.69) is 19.7 Å². The number of hydrogen-bond donors (Lipinski definition) is 3. The Labute approximate surface area is 140 Å². The van der Waals surface area contributed by atoms with Crippen LogP contribution in [0.25, 0.3) is 0 Å². The third-order valence-electron chi connectivity index (χ3n) is 2.70. The molecule has 134 valence electrons. The van der Waals surface area contributed by atoms with E-state index in [4.69, 9.17) is 14.6 Å². The first-order valence-electron chi connectivity index (χ1n) is 6.37. The lowest BCUT2D eigenvalue weighted by Gasteiger charge is -2.09. The fraction of sp³-hybridized carbons (Fsp3) is 0.167. The van der Waals surface area contributed by atoms with Crippen molar-refractivity contribution in [3.05, 3.63) is 24.2 Å². The first-order valence-corrected chi connectivity index (χ1v) is 7.85. The number of carboxylic acid groups (broad SMARTS) is 1. The number of carboxylic acids is 1. The summed E-state index contributed by atoms with van der Waals surface area (Å²) in [7, 11) is -1.85. The Bertz CT molecular complexity index is 885. The number of furan rings is 1. The Balaban J connectivity index is 2.19. The number of ether oxygens (including phenoxy) is 2. The van der Waals surface area contributed by atoms with Gasteiger partial charge in [0.1, 0.15) is 23.0 Å². The summed E-state index contributed by atoms with van der Waals surface area (Å²) in [5, 5.41) is 11.0. The van der Waals surface area contributed by atoms with Crippen molar-refractivity contribution in [1.82, 2.24) is 14.7 Å². The highest BCUT2D eigenvalue weighted by molar-refractivity contribution is 7.90. The fourth-order valence-electron chi connectivity index (χ4n) is 1.62. The minimum atomic E-state index is -4.50. The molecule has 0 saturated heterocycles. The molecule has 2 amide bonds. The summed E-state index contributed by atoms with van der Waals surface area (Å²) in [4.78, 5) is 29.7. The summed E-state index contributed by atoms with van der Waals surface area (Å²) in [5.41, 5.74) is -0.625. The molecule has 0 unspecified atom stereocenters. The SMILES string of the molecule is COc1cc(OC)nc(NC(=O)NS(=O)(=O)c2cocc2C(=O)O)n1. The van der Waals surface area contributed by atoms with Crippen LogP contribution in [-0.2, 0) is 10.0 Å². The molecule has 0 aliphatic carbocycles. The van der Waals surface area contributed by atoms with Crippen molar-refractivity contribution in [2.24, 2.45) is 0 Å². The average Bonchev–Trinajstić information content (AvgIpc) is 3.04. The monoisotopic (exact) mass is 372 g/mol. The topological polar surface area (TPSA) is 170 Å². The fourth-order valence-corrected chi connectivity index (χ4v) is 2.63. The third kappa shape index (κ3) is 4.14. The van der Waals surface area contributed by atoms with Crippen molar-refractivity contribution in [3.63, 3.8) is 0 Å². The smallest absolute Gasteiger partial charge is 0.340 e. The molecule has 0 aromatic carbocycles. The summed E-state index contributed by atoms with van der Waals surface area (Å²) in [5.74, 6) is -1.70. The minimum absolute atomic E-state index is 0.0630. The molecule has 3 N–H and O–H groups in total. The number of carbonyl (C=O) groups is 2. The minimum Gasteiger partial charge on any atom is -0.481 e. The van der Waals surface area contributed by atoms with Gasteiger partial charge in [0.25, 0.3) is 10.0 Å². The maximum atomic E-state index is 12.1. The van der Waals surface area contributed by atoms with Gasteiger partial charge < -0.3 is 19.0 Å². The molecule has 25 heavy (non-hydrogen) atoms. The number of amides is 2. The number of carbonyl (C=O) groups excluding carboxylic acids is 1. The summed E-state index contributed by atoms with van der Waals surface area (Å²) < 4.78 is 40.1. The summed E-state index contributed by atoms with van der Waals surface area (Å²) in [6.07, 6.45) is 1.41. The third-order valence-corrected chi connectivity index (χ3v) is 4.05. The van der Waals surface area contributed by atoms with Gasteiger partial charge >= 0.3 is 12.0 Å². The number of aromatic nitrogens is 2. The number of anilines is 1. The number of hydrogen-bond acceptors (Lipinski definition) is 9. The number of urea groups is 1. The lowest BCUT2D eigenvalue weighted by Crippen LogP contribution is -2.35. The average molecular weight is 372 g/mol. The van der Waals surface area contributed by atoms with Crippen molar-refractivity contribution in [3.8, 4) is 11.8 Å². The number of rotatable bonds is 6. The van der Waals surface area contributed by atoms with E-state index in [1.807, 2.05) is 0 Å². The van der Waals surface area contributed by atoms with Crippen LogP contribution >= 0.6 is 0 Å². The number of aromatic carboxylic acids is 1. The van der Waals surface area contributed by atoms with Crippen molar-refractivity contribution >= 4 is 28.0 Å². The lowest BCUT2D eigenvalue weighted by molar-refractivity contribution is 0.0692. The maximum absolute atomic E-state index is 12.1. The number of nitrogens with zero attached hydrogens (tertiary/aromatic N) is 2. The first kappa shape index (κ1) is 18.0. The van der Waals surface area contributed by atoms with Gasteiger partial charge in [-0.25, -0.2) is 22.7 Å². The van der Waals surface area contributed by atoms with Gasteiger partial charge in [-0.3, -0.25) is 5.32 Å². The second-order valence-electron chi connectivity index (χ2n) is 4.29. The molecule has 0 aliphatic heterocycles. The van der Waals surface area contributed by atoms with Crippen LogP contribution in [0.2, 0.25) is 0 Å². The number of nitrogens with one attached hydrogen (secondary N) is 2. The van der Waals surface area contributed by atoms with Crippen LogP contribution in [0.15, 0.2) is 27.9 Å². The molecule has 0 bridgehead atoms. The Kier molecular flexibility index (Phi) is 5.07. The highest BCUT2D eigenvalue weighted by Crippen LogP contribution is 2.18. The van der Waals surface area contributed by atoms with E-state index in [-0.39, 0.29) is 17.7 Å². The van der Waals surface area contributed by atoms with E-state index in [9.17, 15) is 18.0 Å². The molecule has 0 spiro atoms. The summed E-state index contributed by atoms with van der Waals surface area (Å²) in [6, 6.07) is 0.109. The second-order valence-corrected chi connectivity index (χ2v) is 5.94. The molecule has 0 radical (unpaired) electrons. The van der Waals surface area contributed by atoms with Crippen molar-refractivity contribution in [1.29, 1.82) is 0 Å². The van der Waals surface area contributed by atoms with Gasteiger partial charge in [0.05, 0.1) is 20.3 Å². The van der Waals surface area contributed by atoms with Crippen LogP contribution in [0, 0.1) is 0 Å². The summed E-state index contributed by atoms with van der Waals surface area (Å²) in [6.45, 7) is 0. The van der Waals surface area contributed by atoms with Crippen LogP contribution in [0.3, 0.4) is 0 Å². The van der Waals surface area contributed by atoms with E-state index in [0.29, 0.717) is 6.26 Å². The van der Waals surface area contributed by atoms with E-state index in [1.54, 1.807) is 4.72 Å². The predicted octanol–water partition coefficient (Wildman–Crippen LogP) is 0.295. The van der Waals surface area contributed by atoms with Crippen molar-refractivity contribution in [2.75, 3.05) is 19.5 Å². The van der Waals surface area contributed by atoms with Gasteiger partial charge in [0.15, 0.2) is 0 Å². The molecule has 2 rings (SSSR count).